The molecule has 9 heteroatoms. The average molecular weight is 548 g/mol. The second-order valence-corrected chi connectivity index (χ2v) is 8.60. The number of aliphatic imine (C=N–C) groups is 1. The molecule has 1 aliphatic carbocycles. The van der Waals surface area contributed by atoms with E-state index in [0.717, 1.165) is 23.4 Å². The third-order valence-corrected chi connectivity index (χ3v) is 4.95. The van der Waals surface area contributed by atoms with E-state index in [4.69, 9.17) is 0 Å². The maximum absolute atomic E-state index is 10.6. The first kappa shape index (κ1) is 35.3. The van der Waals surface area contributed by atoms with E-state index in [1.807, 2.05) is 70.3 Å². The number of nitrogens with zero attached hydrogens (tertiary/aromatic N) is 5. The van der Waals surface area contributed by atoms with Gasteiger partial charge in [-0.15, -0.1) is 6.58 Å². The van der Waals surface area contributed by atoms with Crippen molar-refractivity contribution in [2.45, 2.75) is 54.4 Å². The highest BCUT2D eigenvalue weighted by molar-refractivity contribution is 5.83. The number of hydrogen-bond acceptors (Lipinski definition) is 6. The van der Waals surface area contributed by atoms with Gasteiger partial charge in [-0.2, -0.15) is 5.10 Å². The van der Waals surface area contributed by atoms with Gasteiger partial charge in [0.1, 0.15) is 0 Å². The van der Waals surface area contributed by atoms with E-state index in [2.05, 4.69) is 30.2 Å². The standard InChI is InChI=1S/C14H19N3O2.C13H14N2O2.C4H8/c1-5-6-13-9-10-16(15-13)14(11(2)3)8-7-12(4)17(18)19;1-3-5-11(2)14-10-12-6-4-7-13(9-8-12)15(16)17;1-3-4-2/h5-11H,1-4H3;3,5-10H,2,4H2,1H3;3H,1,4H2,2H3/b6-5-,12-7+,14-8+;5-3-,14-10?;. The van der Waals surface area contributed by atoms with Crippen molar-refractivity contribution in [3.63, 3.8) is 0 Å². The third-order valence-electron chi connectivity index (χ3n) is 4.95. The van der Waals surface area contributed by atoms with Crippen molar-refractivity contribution in [2.75, 3.05) is 0 Å². The third kappa shape index (κ3) is 14.9. The maximum atomic E-state index is 10.6. The van der Waals surface area contributed by atoms with Gasteiger partial charge >= 0.3 is 0 Å². The van der Waals surface area contributed by atoms with Crippen LogP contribution in [0.25, 0.3) is 11.8 Å². The van der Waals surface area contributed by atoms with Crippen LogP contribution in [0, 0.1) is 26.1 Å². The van der Waals surface area contributed by atoms with E-state index in [1.165, 1.54) is 19.1 Å². The molecule has 1 aromatic rings. The van der Waals surface area contributed by atoms with Crippen molar-refractivity contribution >= 4 is 18.0 Å². The molecule has 214 valence electrons. The van der Waals surface area contributed by atoms with E-state index >= 15 is 0 Å². The molecule has 0 fully saturated rings. The summed E-state index contributed by atoms with van der Waals surface area (Å²) in [6.07, 6.45) is 24.3. The normalized spacial score (nSPS) is 13.8. The van der Waals surface area contributed by atoms with Gasteiger partial charge in [0.2, 0.25) is 5.70 Å². The zero-order chi connectivity index (χ0) is 30.5. The molecular weight excluding hydrogens is 506 g/mol. The van der Waals surface area contributed by atoms with Gasteiger partial charge in [-0.05, 0) is 74.6 Å². The molecule has 0 unspecified atom stereocenters. The lowest BCUT2D eigenvalue weighted by Gasteiger charge is -2.10. The molecule has 0 radical (unpaired) electrons. The first-order valence-electron chi connectivity index (χ1n) is 12.9. The lowest BCUT2D eigenvalue weighted by Crippen LogP contribution is -2.04. The Labute approximate surface area is 237 Å². The Kier molecular flexibility index (Phi) is 18.0. The van der Waals surface area contributed by atoms with Crippen LogP contribution in [0.1, 0.15) is 60.1 Å². The number of nitro groups is 2. The Balaban J connectivity index is 0.000000674. The Morgan fingerprint density at radius 2 is 1.85 bits per heavy atom. The van der Waals surface area contributed by atoms with Gasteiger partial charge in [-0.25, -0.2) is 4.68 Å². The van der Waals surface area contributed by atoms with E-state index in [0.29, 0.717) is 12.1 Å². The summed E-state index contributed by atoms with van der Waals surface area (Å²) in [6, 6.07) is 1.90. The number of allylic oxidation sites excluding steroid dienone is 13. The molecule has 9 nitrogen and oxygen atoms in total. The molecule has 0 saturated carbocycles. The van der Waals surface area contributed by atoms with Gasteiger partial charge in [0.05, 0.1) is 21.2 Å². The van der Waals surface area contributed by atoms with Crippen LogP contribution in [-0.2, 0) is 0 Å². The van der Waals surface area contributed by atoms with Gasteiger partial charge in [-0.1, -0.05) is 51.7 Å². The molecule has 40 heavy (non-hydrogen) atoms. The van der Waals surface area contributed by atoms with E-state index in [-0.39, 0.29) is 17.3 Å². The van der Waals surface area contributed by atoms with Gasteiger partial charge in [0.25, 0.3) is 5.70 Å². The molecule has 1 aromatic heterocycles. The summed E-state index contributed by atoms with van der Waals surface area (Å²) in [5.41, 5.74) is 3.48. The number of hydrogen-bond donors (Lipinski definition) is 0. The SMILES string of the molecule is C/C=C\c1ccn(/C(=C/C=C(\C)[N+](=O)[O-])C(C)C)n1.C=C(/C=C\C)N=CC1=CCC=C([N+](=O)[O-])C=C1.C=CCC. The first-order valence-corrected chi connectivity index (χ1v) is 12.9. The van der Waals surface area contributed by atoms with Gasteiger partial charge in [0, 0.05) is 37.2 Å². The van der Waals surface area contributed by atoms with Crippen LogP contribution in [0.2, 0.25) is 0 Å². The molecule has 0 atom stereocenters. The second kappa shape index (κ2) is 20.3. The van der Waals surface area contributed by atoms with Crippen LogP contribution in [0.15, 0.2) is 114 Å². The summed E-state index contributed by atoms with van der Waals surface area (Å²) in [5, 5.41) is 25.6. The summed E-state index contributed by atoms with van der Waals surface area (Å²) >= 11 is 0. The zero-order valence-corrected chi connectivity index (χ0v) is 24.4. The number of rotatable bonds is 10. The fourth-order valence-corrected chi connectivity index (χ4v) is 2.80. The van der Waals surface area contributed by atoms with E-state index in [9.17, 15) is 20.2 Å². The van der Waals surface area contributed by atoms with Crippen LogP contribution in [-0.4, -0.2) is 25.8 Å². The Bertz CT molecular complexity index is 1250. The van der Waals surface area contributed by atoms with Crippen LogP contribution < -0.4 is 0 Å². The quantitative estimate of drug-likeness (QED) is 0.0959. The van der Waals surface area contributed by atoms with Crippen molar-refractivity contribution < 1.29 is 9.85 Å². The molecule has 0 aliphatic heterocycles. The van der Waals surface area contributed by atoms with Crippen LogP contribution in [0.4, 0.5) is 0 Å². The topological polar surface area (TPSA) is 116 Å². The average Bonchev–Trinajstić information content (AvgIpc) is 3.23. The highest BCUT2D eigenvalue weighted by Crippen LogP contribution is 2.17. The van der Waals surface area contributed by atoms with Crippen LogP contribution in [0.5, 0.6) is 0 Å². The van der Waals surface area contributed by atoms with Crippen molar-refractivity contribution in [3.8, 4) is 0 Å². The molecule has 1 heterocycles. The highest BCUT2D eigenvalue weighted by atomic mass is 16.6. The Morgan fingerprint density at radius 3 is 2.38 bits per heavy atom. The largest absolute Gasteiger partial charge is 0.265 e. The van der Waals surface area contributed by atoms with Crippen molar-refractivity contribution in [1.82, 2.24) is 9.78 Å². The lowest BCUT2D eigenvalue weighted by atomic mass is 10.1. The summed E-state index contributed by atoms with van der Waals surface area (Å²) < 4.78 is 1.75. The summed E-state index contributed by atoms with van der Waals surface area (Å²) in [6.45, 7) is 18.6. The minimum atomic E-state index is -0.400. The fraction of sp³-hybridized carbons (Fsp3) is 0.290. The van der Waals surface area contributed by atoms with Gasteiger partial charge in [0.15, 0.2) is 0 Å². The molecular formula is C31H41N5O4. The molecule has 2 rings (SSSR count). The smallest absolute Gasteiger partial charge is 0.259 e. The van der Waals surface area contributed by atoms with Gasteiger partial charge in [-0.3, -0.25) is 25.2 Å². The summed E-state index contributed by atoms with van der Waals surface area (Å²) in [7, 11) is 0. The predicted molar refractivity (Wildman–Crippen MR) is 167 cm³/mol. The maximum Gasteiger partial charge on any atom is 0.265 e. The fourth-order valence-electron chi connectivity index (χ4n) is 2.80. The Hall–Kier alpha value is -4.66. The van der Waals surface area contributed by atoms with Crippen molar-refractivity contribution in [2.24, 2.45) is 10.9 Å². The monoisotopic (exact) mass is 547 g/mol. The summed E-state index contributed by atoms with van der Waals surface area (Å²) in [4.78, 5) is 24.5. The minimum absolute atomic E-state index is 0.108. The lowest BCUT2D eigenvalue weighted by molar-refractivity contribution is -0.424. The molecule has 0 aromatic carbocycles. The molecule has 0 N–H and O–H groups in total. The zero-order valence-electron chi connectivity index (χ0n) is 24.4. The van der Waals surface area contributed by atoms with E-state index < -0.39 is 9.85 Å². The summed E-state index contributed by atoms with van der Waals surface area (Å²) in [5.74, 6) is 0.217. The molecule has 0 amide bonds. The molecule has 0 bridgehead atoms. The van der Waals surface area contributed by atoms with E-state index in [1.54, 1.807) is 35.2 Å². The van der Waals surface area contributed by atoms with Crippen molar-refractivity contribution in [3.05, 3.63) is 135 Å². The van der Waals surface area contributed by atoms with Crippen LogP contribution >= 0.6 is 0 Å². The molecule has 0 saturated heterocycles. The van der Waals surface area contributed by atoms with Crippen molar-refractivity contribution in [1.29, 1.82) is 0 Å². The van der Waals surface area contributed by atoms with Crippen LogP contribution in [0.3, 0.4) is 0 Å². The molecule has 0 spiro atoms. The predicted octanol–water partition coefficient (Wildman–Crippen LogP) is 8.37. The Morgan fingerprint density at radius 1 is 1.18 bits per heavy atom. The second-order valence-electron chi connectivity index (χ2n) is 8.60. The number of aromatic nitrogens is 2. The first-order chi connectivity index (χ1) is 19.0. The molecule has 1 aliphatic rings. The highest BCUT2D eigenvalue weighted by Gasteiger charge is 2.08. The minimum Gasteiger partial charge on any atom is -0.259 e. The van der Waals surface area contributed by atoms with Gasteiger partial charge < -0.3 is 0 Å².